The zero-order valence-corrected chi connectivity index (χ0v) is 18.2. The summed E-state index contributed by atoms with van der Waals surface area (Å²) in [6, 6.07) is 20.2. The molecule has 0 aliphatic carbocycles. The van der Waals surface area contributed by atoms with Crippen molar-refractivity contribution in [3.05, 3.63) is 82.4 Å². The molecule has 1 aliphatic heterocycles. The first-order valence-electron chi connectivity index (χ1n) is 10.4. The Labute approximate surface area is 185 Å². The van der Waals surface area contributed by atoms with E-state index in [1.54, 1.807) is 0 Å². The SMILES string of the molecule is CN1CCc2nc3sc(C(=O)NCc4ccccc4)c(N)c3c(-c3ccccc3)c2C1. The molecule has 31 heavy (non-hydrogen) atoms. The Balaban J connectivity index is 1.61. The van der Waals surface area contributed by atoms with Crippen LogP contribution in [0, 0.1) is 0 Å². The summed E-state index contributed by atoms with van der Waals surface area (Å²) in [5.41, 5.74) is 12.7. The predicted molar refractivity (Wildman–Crippen MR) is 127 cm³/mol. The molecule has 0 atom stereocenters. The van der Waals surface area contributed by atoms with Crippen LogP contribution in [0.5, 0.6) is 0 Å². The topological polar surface area (TPSA) is 71.2 Å². The highest BCUT2D eigenvalue weighted by atomic mass is 32.1. The summed E-state index contributed by atoms with van der Waals surface area (Å²) < 4.78 is 0. The number of benzene rings is 2. The van der Waals surface area contributed by atoms with Crippen molar-refractivity contribution in [2.75, 3.05) is 19.3 Å². The maximum absolute atomic E-state index is 13.0. The van der Waals surface area contributed by atoms with Crippen molar-refractivity contribution < 1.29 is 4.79 Å². The summed E-state index contributed by atoms with van der Waals surface area (Å²) in [5.74, 6) is -0.154. The van der Waals surface area contributed by atoms with E-state index in [2.05, 4.69) is 29.4 Å². The van der Waals surface area contributed by atoms with Gasteiger partial charge in [-0.25, -0.2) is 4.98 Å². The van der Waals surface area contributed by atoms with Crippen LogP contribution in [0.15, 0.2) is 60.7 Å². The van der Waals surface area contributed by atoms with Gasteiger partial charge in [0.15, 0.2) is 0 Å². The highest BCUT2D eigenvalue weighted by molar-refractivity contribution is 7.21. The van der Waals surface area contributed by atoms with Gasteiger partial charge in [0.1, 0.15) is 9.71 Å². The van der Waals surface area contributed by atoms with Gasteiger partial charge in [-0.2, -0.15) is 0 Å². The van der Waals surface area contributed by atoms with Crippen LogP contribution in [-0.4, -0.2) is 29.4 Å². The largest absolute Gasteiger partial charge is 0.397 e. The van der Waals surface area contributed by atoms with Crippen molar-refractivity contribution in [3.63, 3.8) is 0 Å². The lowest BCUT2D eigenvalue weighted by Crippen LogP contribution is -2.27. The van der Waals surface area contributed by atoms with Crippen LogP contribution in [0.1, 0.15) is 26.5 Å². The molecule has 0 saturated carbocycles. The molecule has 3 N–H and O–H groups in total. The average Bonchev–Trinajstić information content (AvgIpc) is 3.13. The van der Waals surface area contributed by atoms with Gasteiger partial charge in [0.05, 0.1) is 5.69 Å². The third kappa shape index (κ3) is 3.69. The summed E-state index contributed by atoms with van der Waals surface area (Å²) >= 11 is 1.39. The fraction of sp³-hybridized carbons (Fsp3) is 0.200. The minimum absolute atomic E-state index is 0.154. The Hall–Kier alpha value is -3.22. The summed E-state index contributed by atoms with van der Waals surface area (Å²) in [4.78, 5) is 21.6. The number of aromatic nitrogens is 1. The molecular formula is C25H24N4OS. The standard InChI is InChI=1S/C25H24N4OS/c1-29-13-12-19-18(15-29)20(17-10-6-3-7-11-17)21-22(26)23(31-25(21)28-19)24(30)27-14-16-8-4-2-5-9-16/h2-11H,12-15,26H2,1H3,(H,27,30). The highest BCUT2D eigenvalue weighted by Gasteiger charge is 2.26. The second-order valence-corrected chi connectivity index (χ2v) is 8.96. The van der Waals surface area contributed by atoms with Crippen LogP contribution < -0.4 is 11.1 Å². The Morgan fingerprint density at radius 1 is 1.13 bits per heavy atom. The fourth-order valence-corrected chi connectivity index (χ4v) is 5.25. The molecule has 4 aromatic rings. The maximum Gasteiger partial charge on any atom is 0.263 e. The molecule has 156 valence electrons. The molecule has 0 unspecified atom stereocenters. The summed E-state index contributed by atoms with van der Waals surface area (Å²) in [6.07, 6.45) is 0.898. The molecule has 3 heterocycles. The number of thiophene rings is 1. The number of hydrogen-bond acceptors (Lipinski definition) is 5. The number of likely N-dealkylation sites (N-methyl/N-ethyl adjacent to an activating group) is 1. The highest BCUT2D eigenvalue weighted by Crippen LogP contribution is 2.43. The number of carbonyl (C=O) groups excluding carboxylic acids is 1. The van der Waals surface area contributed by atoms with Gasteiger partial charge in [0, 0.05) is 42.7 Å². The monoisotopic (exact) mass is 428 g/mol. The van der Waals surface area contributed by atoms with Crippen LogP contribution >= 0.6 is 11.3 Å². The van der Waals surface area contributed by atoms with E-state index in [1.165, 1.54) is 16.9 Å². The van der Waals surface area contributed by atoms with Crippen LogP contribution in [0.3, 0.4) is 0 Å². The zero-order chi connectivity index (χ0) is 21.4. The van der Waals surface area contributed by atoms with Crippen LogP contribution in [0.2, 0.25) is 0 Å². The lowest BCUT2D eigenvalue weighted by molar-refractivity contribution is 0.0956. The Morgan fingerprint density at radius 2 is 1.84 bits per heavy atom. The molecule has 0 spiro atoms. The number of nitrogens with one attached hydrogen (secondary N) is 1. The van der Waals surface area contributed by atoms with Gasteiger partial charge in [0.2, 0.25) is 0 Å². The number of pyridine rings is 1. The summed E-state index contributed by atoms with van der Waals surface area (Å²) in [5, 5.41) is 3.91. The van der Waals surface area contributed by atoms with Crippen LogP contribution in [0.25, 0.3) is 21.3 Å². The normalized spacial score (nSPS) is 13.8. The lowest BCUT2D eigenvalue weighted by atomic mass is 9.92. The van der Waals surface area contributed by atoms with E-state index in [9.17, 15) is 4.79 Å². The summed E-state index contributed by atoms with van der Waals surface area (Å²) in [6.45, 7) is 2.27. The quantitative estimate of drug-likeness (QED) is 0.503. The van der Waals surface area contributed by atoms with Gasteiger partial charge in [-0.3, -0.25) is 4.79 Å². The zero-order valence-electron chi connectivity index (χ0n) is 17.4. The smallest absolute Gasteiger partial charge is 0.263 e. The minimum Gasteiger partial charge on any atom is -0.397 e. The molecule has 0 bridgehead atoms. The number of anilines is 1. The van der Waals surface area contributed by atoms with Gasteiger partial charge in [-0.05, 0) is 23.7 Å². The van der Waals surface area contributed by atoms with Gasteiger partial charge < -0.3 is 16.0 Å². The van der Waals surface area contributed by atoms with Gasteiger partial charge in [0.25, 0.3) is 5.91 Å². The number of nitrogens with zero attached hydrogens (tertiary/aromatic N) is 2. The number of fused-ring (bicyclic) bond motifs is 2. The van der Waals surface area contributed by atoms with Crippen molar-refractivity contribution in [1.29, 1.82) is 0 Å². The number of hydrogen-bond donors (Lipinski definition) is 2. The molecule has 1 aliphatic rings. The summed E-state index contributed by atoms with van der Waals surface area (Å²) in [7, 11) is 2.13. The van der Waals surface area contributed by atoms with Crippen molar-refractivity contribution in [2.45, 2.75) is 19.5 Å². The Morgan fingerprint density at radius 3 is 2.58 bits per heavy atom. The Kier molecular flexibility index (Phi) is 5.18. The molecule has 6 heteroatoms. The van der Waals surface area contributed by atoms with Crippen molar-refractivity contribution in [1.82, 2.24) is 15.2 Å². The molecule has 0 saturated heterocycles. The molecule has 0 fully saturated rings. The van der Waals surface area contributed by atoms with Gasteiger partial charge in [-0.1, -0.05) is 60.7 Å². The molecular weight excluding hydrogens is 404 g/mol. The minimum atomic E-state index is -0.154. The van der Waals surface area contributed by atoms with Crippen molar-refractivity contribution in [3.8, 4) is 11.1 Å². The second kappa shape index (κ2) is 8.13. The molecule has 5 rings (SSSR count). The first-order valence-corrected chi connectivity index (χ1v) is 11.2. The molecule has 0 radical (unpaired) electrons. The number of nitrogens with two attached hydrogens (primary N) is 1. The van der Waals surface area contributed by atoms with E-state index in [4.69, 9.17) is 10.7 Å². The first kappa shape index (κ1) is 19.7. The molecule has 2 aromatic heterocycles. The fourth-order valence-electron chi connectivity index (χ4n) is 4.21. The number of rotatable bonds is 4. The van der Waals surface area contributed by atoms with Gasteiger partial charge in [-0.15, -0.1) is 11.3 Å². The van der Waals surface area contributed by atoms with E-state index in [1.807, 2.05) is 48.5 Å². The molecule has 2 aromatic carbocycles. The van der Waals surface area contributed by atoms with E-state index in [-0.39, 0.29) is 5.91 Å². The number of amides is 1. The third-order valence-corrected chi connectivity index (χ3v) is 6.88. The van der Waals surface area contributed by atoms with E-state index in [0.29, 0.717) is 17.1 Å². The van der Waals surface area contributed by atoms with Crippen molar-refractivity contribution in [2.24, 2.45) is 0 Å². The van der Waals surface area contributed by atoms with Gasteiger partial charge >= 0.3 is 0 Å². The average molecular weight is 429 g/mol. The predicted octanol–water partition coefficient (Wildman–Crippen LogP) is 4.46. The Bertz CT molecular complexity index is 1250. The number of nitrogen functional groups attached to an aromatic ring is 1. The van der Waals surface area contributed by atoms with Crippen LogP contribution in [-0.2, 0) is 19.5 Å². The second-order valence-electron chi connectivity index (χ2n) is 7.96. The van der Waals surface area contributed by atoms with E-state index >= 15 is 0 Å². The van der Waals surface area contributed by atoms with E-state index < -0.39 is 0 Å². The maximum atomic E-state index is 13.0. The lowest BCUT2D eigenvalue weighted by Gasteiger charge is -2.27. The molecule has 1 amide bonds. The van der Waals surface area contributed by atoms with Crippen molar-refractivity contribution >= 4 is 33.1 Å². The van der Waals surface area contributed by atoms with Crippen LogP contribution in [0.4, 0.5) is 5.69 Å². The third-order valence-electron chi connectivity index (χ3n) is 5.79. The first-order chi connectivity index (χ1) is 15.1. The number of carbonyl (C=O) groups is 1. The molecule has 5 nitrogen and oxygen atoms in total. The van der Waals surface area contributed by atoms with E-state index in [0.717, 1.165) is 52.1 Å².